The second-order valence-electron chi connectivity index (χ2n) is 10.6. The third-order valence-electron chi connectivity index (χ3n) is 8.36. The van der Waals surface area contributed by atoms with E-state index in [0.717, 1.165) is 37.8 Å². The zero-order valence-corrected chi connectivity index (χ0v) is 19.4. The van der Waals surface area contributed by atoms with Gasteiger partial charge in [-0.25, -0.2) is 4.39 Å². The van der Waals surface area contributed by atoms with Gasteiger partial charge in [-0.2, -0.15) is 0 Å². The third kappa shape index (κ3) is 4.44. The number of carbonyl (C=O) groups excluding carboxylic acids is 3. The molecule has 3 aliphatic heterocycles. The first-order chi connectivity index (χ1) is 15.9. The average Bonchev–Trinajstić information content (AvgIpc) is 3.13. The summed E-state index contributed by atoms with van der Waals surface area (Å²) >= 11 is 0. The molecule has 1 aliphatic carbocycles. The molecule has 0 bridgehead atoms. The van der Waals surface area contributed by atoms with Crippen LogP contribution < -0.4 is 5.32 Å². The summed E-state index contributed by atoms with van der Waals surface area (Å²) in [5.74, 6) is 0.451. The Balaban J connectivity index is 1.23. The number of piperidine rings is 2. The van der Waals surface area contributed by atoms with Gasteiger partial charge < -0.3 is 9.80 Å². The number of halogens is 1. The predicted octanol–water partition coefficient (Wildman–Crippen LogP) is 3.59. The lowest BCUT2D eigenvalue weighted by molar-refractivity contribution is -0.136. The number of imide groups is 1. The lowest BCUT2D eigenvalue weighted by atomic mass is 9.82. The van der Waals surface area contributed by atoms with Crippen molar-refractivity contribution in [2.24, 2.45) is 11.8 Å². The van der Waals surface area contributed by atoms with Crippen LogP contribution >= 0.6 is 0 Å². The first-order valence-electron chi connectivity index (χ1n) is 12.6. The largest absolute Gasteiger partial charge is 0.322 e. The van der Waals surface area contributed by atoms with Crippen LogP contribution in [0.4, 0.5) is 4.39 Å². The van der Waals surface area contributed by atoms with Crippen LogP contribution in [0.2, 0.25) is 0 Å². The molecule has 1 aromatic rings. The van der Waals surface area contributed by atoms with Gasteiger partial charge in [0.1, 0.15) is 11.9 Å². The van der Waals surface area contributed by atoms with Crippen molar-refractivity contribution in [3.05, 3.63) is 34.6 Å². The zero-order chi connectivity index (χ0) is 23.1. The number of rotatable bonds is 4. The maximum absolute atomic E-state index is 15.6. The highest BCUT2D eigenvalue weighted by Gasteiger charge is 2.41. The van der Waals surface area contributed by atoms with E-state index in [4.69, 9.17) is 0 Å². The highest BCUT2D eigenvalue weighted by atomic mass is 19.1. The fourth-order valence-corrected chi connectivity index (χ4v) is 6.24. The Kier molecular flexibility index (Phi) is 6.25. The number of carbonyl (C=O) groups is 3. The molecule has 5 rings (SSSR count). The molecule has 1 N–H and O–H groups in total. The SMILES string of the molecule is CC1CCC(CN2CCC(c3ccc4c(c3F)CN(C3CCC(=O)NC3=O)C4=O)CC2)CC1. The summed E-state index contributed by atoms with van der Waals surface area (Å²) in [6.45, 7) is 5.61. The fourth-order valence-electron chi connectivity index (χ4n) is 6.24. The van der Waals surface area contributed by atoms with Gasteiger partial charge in [-0.05, 0) is 74.6 Å². The summed E-state index contributed by atoms with van der Waals surface area (Å²) in [5, 5.41) is 2.30. The van der Waals surface area contributed by atoms with Gasteiger partial charge in [-0.3, -0.25) is 19.7 Å². The number of nitrogens with one attached hydrogen (secondary N) is 1. The summed E-state index contributed by atoms with van der Waals surface area (Å²) in [5.41, 5.74) is 1.46. The highest BCUT2D eigenvalue weighted by molar-refractivity contribution is 6.05. The predicted molar refractivity (Wildman–Crippen MR) is 122 cm³/mol. The van der Waals surface area contributed by atoms with Crippen molar-refractivity contribution in [1.29, 1.82) is 0 Å². The molecule has 1 unspecified atom stereocenters. The van der Waals surface area contributed by atoms with E-state index < -0.39 is 11.9 Å². The molecule has 6 nitrogen and oxygen atoms in total. The molecular formula is C26H34FN3O3. The molecule has 3 heterocycles. The van der Waals surface area contributed by atoms with Crippen molar-refractivity contribution in [3.63, 3.8) is 0 Å². The monoisotopic (exact) mass is 455 g/mol. The minimum atomic E-state index is -0.712. The van der Waals surface area contributed by atoms with E-state index in [-0.39, 0.29) is 42.9 Å². The average molecular weight is 456 g/mol. The lowest BCUT2D eigenvalue weighted by Gasteiger charge is -2.36. The minimum absolute atomic E-state index is 0.0963. The Hall–Kier alpha value is -2.28. The number of amides is 3. The molecule has 3 amide bonds. The van der Waals surface area contributed by atoms with Crippen LogP contribution in [0.1, 0.15) is 85.7 Å². The molecular weight excluding hydrogens is 421 g/mol. The number of likely N-dealkylation sites (tertiary alicyclic amines) is 1. The Morgan fingerprint density at radius 2 is 1.73 bits per heavy atom. The molecule has 2 saturated heterocycles. The van der Waals surface area contributed by atoms with E-state index in [1.165, 1.54) is 37.1 Å². The number of hydrogen-bond acceptors (Lipinski definition) is 4. The first-order valence-corrected chi connectivity index (χ1v) is 12.6. The lowest BCUT2D eigenvalue weighted by Crippen LogP contribution is -2.52. The van der Waals surface area contributed by atoms with E-state index in [1.807, 2.05) is 0 Å². The summed E-state index contributed by atoms with van der Waals surface area (Å²) in [6.07, 6.45) is 7.70. The number of hydrogen-bond donors (Lipinski definition) is 1. The standard InChI is InChI=1S/C26H34FN3O3/c1-16-2-4-17(5-3-16)14-29-12-10-18(11-13-29)19-6-7-20-21(24(19)27)15-30(26(20)33)22-8-9-23(31)28-25(22)32/h6-7,16-18,22H,2-5,8-15H2,1H3,(H,28,31,32). The normalized spacial score (nSPS) is 29.3. The Morgan fingerprint density at radius 3 is 2.42 bits per heavy atom. The maximum atomic E-state index is 15.6. The van der Waals surface area contributed by atoms with Gasteiger partial charge in [0, 0.05) is 24.1 Å². The van der Waals surface area contributed by atoms with Gasteiger partial charge in [0.05, 0.1) is 6.54 Å². The van der Waals surface area contributed by atoms with Gasteiger partial charge in [-0.1, -0.05) is 25.8 Å². The van der Waals surface area contributed by atoms with Crippen molar-refractivity contribution in [1.82, 2.24) is 15.1 Å². The topological polar surface area (TPSA) is 69.7 Å². The van der Waals surface area contributed by atoms with Crippen molar-refractivity contribution in [2.45, 2.75) is 76.8 Å². The van der Waals surface area contributed by atoms with Crippen molar-refractivity contribution in [3.8, 4) is 0 Å². The molecule has 3 fully saturated rings. The van der Waals surface area contributed by atoms with E-state index in [1.54, 1.807) is 12.1 Å². The second-order valence-corrected chi connectivity index (χ2v) is 10.6. The van der Waals surface area contributed by atoms with Crippen LogP contribution in [0.5, 0.6) is 0 Å². The van der Waals surface area contributed by atoms with Crippen molar-refractivity contribution < 1.29 is 18.8 Å². The van der Waals surface area contributed by atoms with Gasteiger partial charge >= 0.3 is 0 Å². The quantitative estimate of drug-likeness (QED) is 0.705. The van der Waals surface area contributed by atoms with Crippen molar-refractivity contribution >= 4 is 17.7 Å². The van der Waals surface area contributed by atoms with E-state index in [0.29, 0.717) is 16.7 Å². The molecule has 7 heteroatoms. The van der Waals surface area contributed by atoms with Crippen LogP contribution in [-0.2, 0) is 16.1 Å². The van der Waals surface area contributed by atoms with Gasteiger partial charge in [0.25, 0.3) is 5.91 Å². The van der Waals surface area contributed by atoms with Crippen molar-refractivity contribution in [2.75, 3.05) is 19.6 Å². The summed E-state index contributed by atoms with van der Waals surface area (Å²) in [4.78, 5) is 40.6. The molecule has 178 valence electrons. The first kappa shape index (κ1) is 22.5. The summed E-state index contributed by atoms with van der Waals surface area (Å²) in [6, 6.07) is 2.80. The van der Waals surface area contributed by atoms with E-state index in [9.17, 15) is 14.4 Å². The van der Waals surface area contributed by atoms with Gasteiger partial charge in [0.15, 0.2) is 0 Å². The summed E-state index contributed by atoms with van der Waals surface area (Å²) in [7, 11) is 0. The Labute approximate surface area is 194 Å². The van der Waals surface area contributed by atoms with Crippen LogP contribution in [0.3, 0.4) is 0 Å². The maximum Gasteiger partial charge on any atom is 0.255 e. The smallest absolute Gasteiger partial charge is 0.255 e. The number of nitrogens with zero attached hydrogens (tertiary/aromatic N) is 2. The second kappa shape index (κ2) is 9.16. The molecule has 1 atom stereocenters. The Bertz CT molecular complexity index is 948. The van der Waals surface area contributed by atoms with Crippen LogP contribution in [-0.4, -0.2) is 53.2 Å². The zero-order valence-electron chi connectivity index (χ0n) is 19.4. The van der Waals surface area contributed by atoms with Crippen LogP contribution in [0, 0.1) is 17.7 Å². The Morgan fingerprint density at radius 1 is 1.00 bits per heavy atom. The molecule has 33 heavy (non-hydrogen) atoms. The molecule has 4 aliphatic rings. The van der Waals surface area contributed by atoms with Gasteiger partial charge in [-0.15, -0.1) is 0 Å². The molecule has 0 radical (unpaired) electrons. The third-order valence-corrected chi connectivity index (χ3v) is 8.36. The molecule has 0 spiro atoms. The minimum Gasteiger partial charge on any atom is -0.322 e. The highest BCUT2D eigenvalue weighted by Crippen LogP contribution is 2.37. The fraction of sp³-hybridized carbons (Fsp3) is 0.654. The molecule has 0 aromatic heterocycles. The molecule has 1 aromatic carbocycles. The number of benzene rings is 1. The summed E-state index contributed by atoms with van der Waals surface area (Å²) < 4.78 is 15.6. The van der Waals surface area contributed by atoms with Crippen LogP contribution in [0.25, 0.3) is 0 Å². The number of fused-ring (bicyclic) bond motifs is 1. The van der Waals surface area contributed by atoms with E-state index in [2.05, 4.69) is 17.1 Å². The van der Waals surface area contributed by atoms with E-state index >= 15 is 4.39 Å². The van der Waals surface area contributed by atoms with Gasteiger partial charge in [0.2, 0.25) is 11.8 Å². The van der Waals surface area contributed by atoms with Crippen LogP contribution in [0.15, 0.2) is 12.1 Å². The molecule has 1 saturated carbocycles.